The summed E-state index contributed by atoms with van der Waals surface area (Å²) in [5.74, 6) is 8.45. The first-order valence-electron chi connectivity index (χ1n) is 6.43. The van der Waals surface area contributed by atoms with Gasteiger partial charge in [0.05, 0.1) is 0 Å². The highest BCUT2D eigenvalue weighted by Crippen LogP contribution is 2.38. The van der Waals surface area contributed by atoms with E-state index in [0.717, 1.165) is 18.2 Å². The van der Waals surface area contributed by atoms with Crippen molar-refractivity contribution in [2.45, 2.75) is 44.9 Å². The van der Waals surface area contributed by atoms with E-state index < -0.39 is 0 Å². The molecule has 1 aliphatic carbocycles. The lowest BCUT2D eigenvalue weighted by molar-refractivity contribution is 0.741. The Morgan fingerprint density at radius 3 is 2.71 bits per heavy atom. The molecule has 1 fully saturated rings. The van der Waals surface area contributed by atoms with Gasteiger partial charge in [0.15, 0.2) is 0 Å². The van der Waals surface area contributed by atoms with E-state index >= 15 is 0 Å². The van der Waals surface area contributed by atoms with Crippen molar-refractivity contribution in [2.75, 3.05) is 17.3 Å². The van der Waals surface area contributed by atoms with Crippen LogP contribution in [0, 0.1) is 0 Å². The molecule has 0 aromatic carbocycles. The van der Waals surface area contributed by atoms with Crippen LogP contribution >= 0.6 is 0 Å². The van der Waals surface area contributed by atoms with Crippen molar-refractivity contribution in [3.05, 3.63) is 11.9 Å². The first-order chi connectivity index (χ1) is 8.33. The molecular weight excluding hydrogens is 214 g/mol. The summed E-state index contributed by atoms with van der Waals surface area (Å²) in [4.78, 5) is 8.89. The summed E-state index contributed by atoms with van der Waals surface area (Å²) in [6, 6.07) is 1.86. The molecule has 0 spiro atoms. The molecule has 0 amide bonds. The number of rotatable bonds is 7. The van der Waals surface area contributed by atoms with Crippen LogP contribution in [0.25, 0.3) is 0 Å². The van der Waals surface area contributed by atoms with E-state index in [2.05, 4.69) is 27.6 Å². The highest BCUT2D eigenvalue weighted by Gasteiger charge is 2.27. The summed E-state index contributed by atoms with van der Waals surface area (Å²) < 4.78 is 0. The van der Waals surface area contributed by atoms with Gasteiger partial charge in [-0.05, 0) is 19.3 Å². The smallest absolute Gasteiger partial charge is 0.145 e. The number of hydrogen-bond acceptors (Lipinski definition) is 5. The Morgan fingerprint density at radius 2 is 2.06 bits per heavy atom. The molecular formula is C12H21N5. The fourth-order valence-electron chi connectivity index (χ4n) is 1.75. The third-order valence-corrected chi connectivity index (χ3v) is 2.92. The van der Waals surface area contributed by atoms with Gasteiger partial charge in [-0.2, -0.15) is 0 Å². The van der Waals surface area contributed by atoms with Crippen LogP contribution in [0.2, 0.25) is 0 Å². The van der Waals surface area contributed by atoms with Crippen LogP contribution in [-0.2, 0) is 0 Å². The third kappa shape index (κ3) is 3.56. The second-order valence-corrected chi connectivity index (χ2v) is 4.55. The number of nitrogen functional groups attached to an aromatic ring is 1. The van der Waals surface area contributed by atoms with Gasteiger partial charge >= 0.3 is 0 Å². The Kier molecular flexibility index (Phi) is 4.14. The summed E-state index contributed by atoms with van der Waals surface area (Å²) in [5, 5.41) is 3.33. The fraction of sp³-hybridized carbons (Fsp3) is 0.667. The van der Waals surface area contributed by atoms with E-state index in [1.165, 1.54) is 32.1 Å². The van der Waals surface area contributed by atoms with Gasteiger partial charge in [0.2, 0.25) is 0 Å². The van der Waals surface area contributed by atoms with Gasteiger partial charge in [-0.25, -0.2) is 15.8 Å². The standard InChI is InChI=1S/C12H21N5/c1-2-3-4-7-14-10-8-11(17-13)16-12(15-10)9-5-6-9/h8-9H,2-7,13H2,1H3,(H2,14,15,16,17). The Balaban J connectivity index is 1.97. The van der Waals surface area contributed by atoms with Gasteiger partial charge in [-0.1, -0.05) is 19.8 Å². The van der Waals surface area contributed by atoms with Crippen molar-refractivity contribution in [3.8, 4) is 0 Å². The maximum absolute atomic E-state index is 5.42. The molecule has 1 saturated carbocycles. The van der Waals surface area contributed by atoms with Crippen LogP contribution in [0.1, 0.15) is 50.8 Å². The van der Waals surface area contributed by atoms with Gasteiger partial charge in [0.1, 0.15) is 17.5 Å². The van der Waals surface area contributed by atoms with Crippen LogP contribution in [-0.4, -0.2) is 16.5 Å². The molecule has 1 aliphatic rings. The normalized spacial score (nSPS) is 14.7. The van der Waals surface area contributed by atoms with E-state index in [4.69, 9.17) is 5.84 Å². The molecule has 17 heavy (non-hydrogen) atoms. The number of aromatic nitrogens is 2. The fourth-order valence-corrected chi connectivity index (χ4v) is 1.75. The van der Waals surface area contributed by atoms with Crippen molar-refractivity contribution in [3.63, 3.8) is 0 Å². The maximum Gasteiger partial charge on any atom is 0.145 e. The maximum atomic E-state index is 5.42. The molecule has 0 atom stereocenters. The van der Waals surface area contributed by atoms with Crippen molar-refractivity contribution >= 4 is 11.6 Å². The van der Waals surface area contributed by atoms with E-state index in [9.17, 15) is 0 Å². The molecule has 1 aromatic heterocycles. The average Bonchev–Trinajstić information content (AvgIpc) is 3.18. The van der Waals surface area contributed by atoms with Crippen LogP contribution < -0.4 is 16.6 Å². The Hall–Kier alpha value is -1.36. The highest BCUT2D eigenvalue weighted by molar-refractivity contribution is 5.47. The summed E-state index contributed by atoms with van der Waals surface area (Å²) in [6.45, 7) is 3.16. The Labute approximate surface area is 102 Å². The van der Waals surface area contributed by atoms with Gasteiger partial charge < -0.3 is 10.7 Å². The van der Waals surface area contributed by atoms with Gasteiger partial charge in [0, 0.05) is 18.5 Å². The van der Waals surface area contributed by atoms with Gasteiger partial charge in [-0.15, -0.1) is 0 Å². The molecule has 4 N–H and O–H groups in total. The molecule has 0 unspecified atom stereocenters. The van der Waals surface area contributed by atoms with E-state index in [-0.39, 0.29) is 0 Å². The van der Waals surface area contributed by atoms with Crippen molar-refractivity contribution in [1.29, 1.82) is 0 Å². The van der Waals surface area contributed by atoms with Gasteiger partial charge in [-0.3, -0.25) is 0 Å². The molecule has 0 radical (unpaired) electrons. The topological polar surface area (TPSA) is 75.9 Å². The summed E-state index contributed by atoms with van der Waals surface area (Å²) in [7, 11) is 0. The number of nitrogens with zero attached hydrogens (tertiary/aromatic N) is 2. The van der Waals surface area contributed by atoms with Crippen molar-refractivity contribution < 1.29 is 0 Å². The number of anilines is 2. The predicted octanol–water partition coefficient (Wildman–Crippen LogP) is 2.24. The minimum Gasteiger partial charge on any atom is -0.370 e. The predicted molar refractivity (Wildman–Crippen MR) is 69.8 cm³/mol. The van der Waals surface area contributed by atoms with Gasteiger partial charge in [0.25, 0.3) is 0 Å². The van der Waals surface area contributed by atoms with Crippen LogP contribution in [0.5, 0.6) is 0 Å². The molecule has 5 heteroatoms. The lowest BCUT2D eigenvalue weighted by Gasteiger charge is -2.09. The number of unbranched alkanes of at least 4 members (excludes halogenated alkanes) is 2. The number of nitrogens with two attached hydrogens (primary N) is 1. The zero-order valence-corrected chi connectivity index (χ0v) is 10.4. The summed E-state index contributed by atoms with van der Waals surface area (Å²) >= 11 is 0. The minimum atomic E-state index is 0.541. The first kappa shape index (κ1) is 12.1. The minimum absolute atomic E-state index is 0.541. The first-order valence-corrected chi connectivity index (χ1v) is 6.43. The zero-order valence-electron chi connectivity index (χ0n) is 10.4. The summed E-state index contributed by atoms with van der Waals surface area (Å²) in [5.41, 5.74) is 2.60. The van der Waals surface area contributed by atoms with Crippen molar-refractivity contribution in [1.82, 2.24) is 9.97 Å². The summed E-state index contributed by atoms with van der Waals surface area (Å²) in [6.07, 6.45) is 6.04. The highest BCUT2D eigenvalue weighted by atomic mass is 15.3. The van der Waals surface area contributed by atoms with Crippen LogP contribution in [0.3, 0.4) is 0 Å². The number of nitrogens with one attached hydrogen (secondary N) is 2. The third-order valence-electron chi connectivity index (χ3n) is 2.92. The van der Waals surface area contributed by atoms with Crippen molar-refractivity contribution in [2.24, 2.45) is 5.84 Å². The lowest BCUT2D eigenvalue weighted by Crippen LogP contribution is -2.12. The second-order valence-electron chi connectivity index (χ2n) is 4.55. The largest absolute Gasteiger partial charge is 0.370 e. The molecule has 94 valence electrons. The molecule has 2 rings (SSSR count). The molecule has 0 aliphatic heterocycles. The zero-order chi connectivity index (χ0) is 12.1. The molecule has 1 heterocycles. The van der Waals surface area contributed by atoms with E-state index in [1.807, 2.05) is 6.07 Å². The lowest BCUT2D eigenvalue weighted by atomic mass is 10.2. The Morgan fingerprint density at radius 1 is 1.29 bits per heavy atom. The monoisotopic (exact) mass is 235 g/mol. The quantitative estimate of drug-likeness (QED) is 0.384. The number of hydrogen-bond donors (Lipinski definition) is 3. The van der Waals surface area contributed by atoms with E-state index in [0.29, 0.717) is 11.7 Å². The van der Waals surface area contributed by atoms with E-state index in [1.54, 1.807) is 0 Å². The molecule has 0 saturated heterocycles. The van der Waals surface area contributed by atoms with Crippen LogP contribution in [0.4, 0.5) is 11.6 Å². The molecule has 0 bridgehead atoms. The second kappa shape index (κ2) is 5.82. The van der Waals surface area contributed by atoms with Crippen LogP contribution in [0.15, 0.2) is 6.07 Å². The SMILES string of the molecule is CCCCCNc1cc(NN)nc(C2CC2)n1. The average molecular weight is 235 g/mol. The molecule has 1 aromatic rings. The molecule has 5 nitrogen and oxygen atoms in total. The Bertz CT molecular complexity index is 362. The number of hydrazine groups is 1.